The molecular weight excluding hydrogens is 236 g/mol. The van der Waals surface area contributed by atoms with Crippen molar-refractivity contribution in [1.82, 2.24) is 4.98 Å². The van der Waals surface area contributed by atoms with Gasteiger partial charge >= 0.3 is 0 Å². The second-order valence-corrected chi connectivity index (χ2v) is 4.09. The number of nitrogens with one attached hydrogen (secondary N) is 1. The van der Waals surface area contributed by atoms with Crippen molar-refractivity contribution in [2.75, 3.05) is 24.9 Å². The summed E-state index contributed by atoms with van der Waals surface area (Å²) >= 11 is 5.65. The van der Waals surface area contributed by atoms with Crippen molar-refractivity contribution in [3.63, 3.8) is 0 Å². The number of methoxy groups -OCH3 is 1. The summed E-state index contributed by atoms with van der Waals surface area (Å²) < 4.78 is 5.23. The average Bonchev–Trinajstić information content (AvgIpc) is 2.39. The SMILES string of the molecule is COc1ccc2ccnc(NCCCCl)c2c1. The molecule has 17 heavy (non-hydrogen) atoms. The van der Waals surface area contributed by atoms with E-state index in [2.05, 4.69) is 10.3 Å². The molecular formula is C13H15ClN2O. The van der Waals surface area contributed by atoms with Crippen LogP contribution in [0.4, 0.5) is 5.82 Å². The number of aromatic nitrogens is 1. The Balaban J connectivity index is 2.33. The number of pyridine rings is 1. The molecule has 0 aliphatic rings. The molecule has 1 heterocycles. The van der Waals surface area contributed by atoms with E-state index in [4.69, 9.17) is 16.3 Å². The maximum atomic E-state index is 5.65. The Morgan fingerprint density at radius 1 is 1.35 bits per heavy atom. The Morgan fingerprint density at radius 3 is 3.00 bits per heavy atom. The number of hydrogen-bond donors (Lipinski definition) is 1. The smallest absolute Gasteiger partial charge is 0.133 e. The minimum Gasteiger partial charge on any atom is -0.497 e. The summed E-state index contributed by atoms with van der Waals surface area (Å²) in [5.41, 5.74) is 0. The average molecular weight is 251 g/mol. The molecule has 2 aromatic rings. The van der Waals surface area contributed by atoms with Gasteiger partial charge in [-0.05, 0) is 30.0 Å². The van der Waals surface area contributed by atoms with E-state index in [9.17, 15) is 0 Å². The molecule has 0 atom stereocenters. The van der Waals surface area contributed by atoms with Crippen LogP contribution in [0.3, 0.4) is 0 Å². The number of rotatable bonds is 5. The Hall–Kier alpha value is -1.48. The first-order valence-corrected chi connectivity index (χ1v) is 6.11. The van der Waals surface area contributed by atoms with Crippen LogP contribution < -0.4 is 10.1 Å². The van der Waals surface area contributed by atoms with Gasteiger partial charge in [-0.1, -0.05) is 6.07 Å². The third kappa shape index (κ3) is 2.80. The van der Waals surface area contributed by atoms with Crippen LogP contribution in [-0.2, 0) is 0 Å². The first-order chi connectivity index (χ1) is 8.35. The monoisotopic (exact) mass is 250 g/mol. The zero-order chi connectivity index (χ0) is 12.1. The van der Waals surface area contributed by atoms with Crippen LogP contribution in [0.1, 0.15) is 6.42 Å². The predicted molar refractivity (Wildman–Crippen MR) is 72.1 cm³/mol. The fraction of sp³-hybridized carbons (Fsp3) is 0.308. The van der Waals surface area contributed by atoms with Crippen molar-refractivity contribution in [2.45, 2.75) is 6.42 Å². The topological polar surface area (TPSA) is 34.1 Å². The third-order valence-electron chi connectivity index (χ3n) is 2.58. The summed E-state index contributed by atoms with van der Waals surface area (Å²) in [4.78, 5) is 4.34. The highest BCUT2D eigenvalue weighted by atomic mass is 35.5. The molecule has 0 saturated carbocycles. The van der Waals surface area contributed by atoms with Gasteiger partial charge in [-0.3, -0.25) is 0 Å². The van der Waals surface area contributed by atoms with Crippen molar-refractivity contribution in [3.05, 3.63) is 30.5 Å². The van der Waals surface area contributed by atoms with Gasteiger partial charge in [0.25, 0.3) is 0 Å². The van der Waals surface area contributed by atoms with Crippen molar-refractivity contribution < 1.29 is 4.74 Å². The standard InChI is InChI=1S/C13H15ClN2O/c1-17-11-4-3-10-5-8-16-13(12(10)9-11)15-7-2-6-14/h3-5,8-9H,2,6-7H2,1H3,(H,15,16). The molecule has 0 aliphatic carbocycles. The summed E-state index contributed by atoms with van der Waals surface area (Å²) in [5.74, 6) is 2.37. The van der Waals surface area contributed by atoms with Crippen molar-refractivity contribution >= 4 is 28.2 Å². The van der Waals surface area contributed by atoms with Gasteiger partial charge in [-0.25, -0.2) is 4.98 Å². The molecule has 0 unspecified atom stereocenters. The van der Waals surface area contributed by atoms with Gasteiger partial charge in [-0.15, -0.1) is 11.6 Å². The summed E-state index contributed by atoms with van der Waals surface area (Å²) in [6, 6.07) is 7.96. The molecule has 0 spiro atoms. The quantitative estimate of drug-likeness (QED) is 0.653. The molecule has 3 nitrogen and oxygen atoms in total. The van der Waals surface area contributed by atoms with Gasteiger partial charge in [-0.2, -0.15) is 0 Å². The van der Waals surface area contributed by atoms with Gasteiger partial charge in [0, 0.05) is 24.0 Å². The molecule has 1 aromatic heterocycles. The fourth-order valence-corrected chi connectivity index (χ4v) is 1.82. The minimum atomic E-state index is 0.654. The van der Waals surface area contributed by atoms with E-state index < -0.39 is 0 Å². The summed E-state index contributed by atoms with van der Waals surface area (Å²) in [7, 11) is 1.66. The number of alkyl halides is 1. The van der Waals surface area contributed by atoms with E-state index in [0.29, 0.717) is 5.88 Å². The van der Waals surface area contributed by atoms with Crippen molar-refractivity contribution in [2.24, 2.45) is 0 Å². The third-order valence-corrected chi connectivity index (χ3v) is 2.84. The van der Waals surface area contributed by atoms with E-state index in [1.165, 1.54) is 0 Å². The van der Waals surface area contributed by atoms with Crippen LogP contribution in [0.5, 0.6) is 5.75 Å². The van der Waals surface area contributed by atoms with Crippen LogP contribution >= 0.6 is 11.6 Å². The molecule has 2 rings (SSSR count). The lowest BCUT2D eigenvalue weighted by Crippen LogP contribution is -2.04. The normalized spacial score (nSPS) is 10.5. The number of nitrogens with zero attached hydrogens (tertiary/aromatic N) is 1. The zero-order valence-electron chi connectivity index (χ0n) is 9.74. The van der Waals surface area contributed by atoms with E-state index in [1.807, 2.05) is 24.3 Å². The highest BCUT2D eigenvalue weighted by Crippen LogP contribution is 2.25. The predicted octanol–water partition coefficient (Wildman–Crippen LogP) is 3.28. The molecule has 0 fully saturated rings. The summed E-state index contributed by atoms with van der Waals surface area (Å²) in [6.07, 6.45) is 2.72. The van der Waals surface area contributed by atoms with E-state index in [1.54, 1.807) is 13.3 Å². The molecule has 0 radical (unpaired) electrons. The second-order valence-electron chi connectivity index (χ2n) is 3.72. The molecule has 4 heteroatoms. The number of fused-ring (bicyclic) bond motifs is 1. The maximum absolute atomic E-state index is 5.65. The van der Waals surface area contributed by atoms with Crippen molar-refractivity contribution in [3.8, 4) is 5.75 Å². The van der Waals surface area contributed by atoms with Crippen molar-refractivity contribution in [1.29, 1.82) is 0 Å². The maximum Gasteiger partial charge on any atom is 0.133 e. The number of hydrogen-bond acceptors (Lipinski definition) is 3. The summed E-state index contributed by atoms with van der Waals surface area (Å²) in [5, 5.41) is 5.51. The first-order valence-electron chi connectivity index (χ1n) is 5.58. The lowest BCUT2D eigenvalue weighted by atomic mass is 10.1. The van der Waals surface area contributed by atoms with Gasteiger partial charge in [0.1, 0.15) is 11.6 Å². The van der Waals surface area contributed by atoms with Gasteiger partial charge in [0.2, 0.25) is 0 Å². The van der Waals surface area contributed by atoms with E-state index >= 15 is 0 Å². The number of anilines is 1. The molecule has 1 N–H and O–H groups in total. The van der Waals surface area contributed by atoms with Crippen LogP contribution in [0, 0.1) is 0 Å². The number of benzene rings is 1. The van der Waals surface area contributed by atoms with Crippen LogP contribution in [0.2, 0.25) is 0 Å². The molecule has 0 amide bonds. The highest BCUT2D eigenvalue weighted by molar-refractivity contribution is 6.17. The molecule has 0 saturated heterocycles. The Morgan fingerprint density at radius 2 is 2.24 bits per heavy atom. The lowest BCUT2D eigenvalue weighted by molar-refractivity contribution is 0.415. The van der Waals surface area contributed by atoms with Gasteiger partial charge in [0.05, 0.1) is 7.11 Å². The second kappa shape index (κ2) is 5.73. The first kappa shape index (κ1) is 12.0. The number of halogens is 1. The Bertz CT molecular complexity index is 502. The van der Waals surface area contributed by atoms with Crippen LogP contribution in [-0.4, -0.2) is 24.5 Å². The van der Waals surface area contributed by atoms with E-state index in [0.717, 1.165) is 35.3 Å². The largest absolute Gasteiger partial charge is 0.497 e. The molecule has 0 aliphatic heterocycles. The van der Waals surface area contributed by atoms with Crippen LogP contribution in [0.25, 0.3) is 10.8 Å². The van der Waals surface area contributed by atoms with E-state index in [-0.39, 0.29) is 0 Å². The molecule has 1 aromatic carbocycles. The van der Waals surface area contributed by atoms with Gasteiger partial charge in [0.15, 0.2) is 0 Å². The lowest BCUT2D eigenvalue weighted by Gasteiger charge is -2.09. The Kier molecular flexibility index (Phi) is 4.04. The number of ether oxygens (including phenoxy) is 1. The zero-order valence-corrected chi connectivity index (χ0v) is 10.5. The minimum absolute atomic E-state index is 0.654. The van der Waals surface area contributed by atoms with Gasteiger partial charge < -0.3 is 10.1 Å². The van der Waals surface area contributed by atoms with Crippen LogP contribution in [0.15, 0.2) is 30.5 Å². The summed E-state index contributed by atoms with van der Waals surface area (Å²) in [6.45, 7) is 0.826. The molecule has 0 bridgehead atoms. The Labute approximate surface area is 106 Å². The fourth-order valence-electron chi connectivity index (χ4n) is 1.69. The molecule has 90 valence electrons. The highest BCUT2D eigenvalue weighted by Gasteiger charge is 2.03.